The number of carbonyl (C=O) groups is 2. The molecule has 1 aromatic carbocycles. The summed E-state index contributed by atoms with van der Waals surface area (Å²) in [6.07, 6.45) is 2.83. The van der Waals surface area contributed by atoms with Gasteiger partial charge < -0.3 is 16.0 Å². The number of anilines is 1. The smallest absolute Gasteiger partial charge is 0.251 e. The van der Waals surface area contributed by atoms with E-state index >= 15 is 0 Å². The Bertz CT molecular complexity index is 975. The summed E-state index contributed by atoms with van der Waals surface area (Å²) in [6.45, 7) is 1.82. The highest BCUT2D eigenvalue weighted by Gasteiger charge is 2.27. The maximum atomic E-state index is 12.6. The lowest BCUT2D eigenvalue weighted by Gasteiger charge is -2.10. The Balaban J connectivity index is 1.50. The van der Waals surface area contributed by atoms with Gasteiger partial charge in [-0.2, -0.15) is 0 Å². The van der Waals surface area contributed by atoms with Crippen LogP contribution in [0, 0.1) is 0 Å². The third-order valence-corrected chi connectivity index (χ3v) is 6.62. The van der Waals surface area contributed by atoms with Gasteiger partial charge in [0.2, 0.25) is 5.91 Å². The molecule has 0 fully saturated rings. The zero-order valence-corrected chi connectivity index (χ0v) is 15.8. The zero-order chi connectivity index (χ0) is 18.3. The fourth-order valence-electron chi connectivity index (χ4n) is 3.17. The first-order valence-corrected chi connectivity index (χ1v) is 10.1. The summed E-state index contributed by atoms with van der Waals surface area (Å²) in [5, 5.41) is 3.79. The molecule has 0 unspecified atom stereocenters. The second-order valence-corrected chi connectivity index (χ2v) is 8.67. The molecular formula is C18H18N4O2S2. The number of imidazole rings is 1. The topological polar surface area (TPSA) is 101 Å². The monoisotopic (exact) mass is 386 g/mol. The van der Waals surface area contributed by atoms with Crippen LogP contribution in [-0.4, -0.2) is 27.0 Å². The van der Waals surface area contributed by atoms with Crippen molar-refractivity contribution in [2.24, 2.45) is 5.73 Å². The van der Waals surface area contributed by atoms with E-state index in [4.69, 9.17) is 5.73 Å². The third kappa shape index (κ3) is 3.10. The molecule has 6 nitrogen and oxygen atoms in total. The van der Waals surface area contributed by atoms with Crippen LogP contribution in [0.2, 0.25) is 0 Å². The zero-order valence-electron chi connectivity index (χ0n) is 14.2. The van der Waals surface area contributed by atoms with Gasteiger partial charge in [-0.15, -0.1) is 11.3 Å². The highest BCUT2D eigenvalue weighted by atomic mass is 32.2. The van der Waals surface area contributed by atoms with E-state index in [2.05, 4.69) is 15.3 Å². The van der Waals surface area contributed by atoms with Crippen molar-refractivity contribution >= 4 is 50.9 Å². The number of benzene rings is 1. The molecule has 0 radical (unpaired) electrons. The molecule has 0 saturated carbocycles. The number of para-hydroxylation sites is 2. The summed E-state index contributed by atoms with van der Waals surface area (Å²) in [6, 6.07) is 7.73. The lowest BCUT2D eigenvalue weighted by atomic mass is 10.1. The number of nitrogens with two attached hydrogens (primary N) is 1. The number of hydrogen-bond acceptors (Lipinski definition) is 5. The van der Waals surface area contributed by atoms with Gasteiger partial charge in [0.1, 0.15) is 5.00 Å². The van der Waals surface area contributed by atoms with Crippen molar-refractivity contribution in [1.82, 2.24) is 9.97 Å². The first-order chi connectivity index (χ1) is 12.5. The molecule has 4 rings (SSSR count). The Morgan fingerprint density at radius 2 is 2.15 bits per heavy atom. The van der Waals surface area contributed by atoms with Gasteiger partial charge in [0.25, 0.3) is 5.91 Å². The first kappa shape index (κ1) is 17.1. The SMILES string of the molecule is C[C@@H](Sc1nc2ccccc2[nH]1)C(=O)Nc1sc2c(c1C(N)=O)CCC2. The van der Waals surface area contributed by atoms with E-state index in [9.17, 15) is 9.59 Å². The lowest BCUT2D eigenvalue weighted by molar-refractivity contribution is -0.115. The number of aromatic amines is 1. The van der Waals surface area contributed by atoms with Gasteiger partial charge in [-0.25, -0.2) is 4.98 Å². The number of aryl methyl sites for hydroxylation is 1. The molecule has 0 aliphatic heterocycles. The Labute approximate surface area is 158 Å². The van der Waals surface area contributed by atoms with Crippen molar-refractivity contribution in [2.75, 3.05) is 5.32 Å². The summed E-state index contributed by atoms with van der Waals surface area (Å²) in [7, 11) is 0. The molecule has 26 heavy (non-hydrogen) atoms. The molecule has 134 valence electrons. The molecule has 1 atom stereocenters. The normalized spacial score (nSPS) is 14.3. The standard InChI is InChI=1S/C18H18N4O2S2/c1-9(25-18-20-11-6-2-3-7-12(11)21-18)16(24)22-17-14(15(19)23)10-5-4-8-13(10)26-17/h2-3,6-7,9H,4-5,8H2,1H3,(H2,19,23)(H,20,21)(H,22,24)/t9-/m1/s1. The number of primary amides is 1. The minimum atomic E-state index is -0.475. The number of hydrogen-bond donors (Lipinski definition) is 3. The number of nitrogens with zero attached hydrogens (tertiary/aromatic N) is 1. The summed E-state index contributed by atoms with van der Waals surface area (Å²) >= 11 is 2.82. The number of thioether (sulfide) groups is 1. The quantitative estimate of drug-likeness (QED) is 0.586. The van der Waals surface area contributed by atoms with E-state index in [0.717, 1.165) is 40.7 Å². The van der Waals surface area contributed by atoms with Crippen molar-refractivity contribution in [1.29, 1.82) is 0 Å². The molecular weight excluding hydrogens is 368 g/mol. The van der Waals surface area contributed by atoms with Crippen LogP contribution in [-0.2, 0) is 17.6 Å². The van der Waals surface area contributed by atoms with E-state index in [-0.39, 0.29) is 11.2 Å². The highest BCUT2D eigenvalue weighted by Crippen LogP contribution is 2.39. The average molecular weight is 387 g/mol. The highest BCUT2D eigenvalue weighted by molar-refractivity contribution is 8.00. The molecule has 2 amide bonds. The van der Waals surface area contributed by atoms with Crippen LogP contribution in [0.25, 0.3) is 11.0 Å². The van der Waals surface area contributed by atoms with Gasteiger partial charge in [0, 0.05) is 4.88 Å². The summed E-state index contributed by atoms with van der Waals surface area (Å²) in [5.41, 5.74) is 8.85. The van der Waals surface area contributed by atoms with Crippen LogP contribution in [0.15, 0.2) is 29.4 Å². The van der Waals surface area contributed by atoms with Crippen molar-refractivity contribution in [3.63, 3.8) is 0 Å². The predicted octanol–water partition coefficient (Wildman–Crippen LogP) is 3.33. The maximum absolute atomic E-state index is 12.6. The van der Waals surface area contributed by atoms with Crippen LogP contribution in [0.4, 0.5) is 5.00 Å². The van der Waals surface area contributed by atoms with Gasteiger partial charge in [-0.1, -0.05) is 23.9 Å². The number of fused-ring (bicyclic) bond motifs is 2. The van der Waals surface area contributed by atoms with Crippen LogP contribution < -0.4 is 11.1 Å². The van der Waals surface area contributed by atoms with Crippen LogP contribution in [0.5, 0.6) is 0 Å². The number of thiophene rings is 1. The summed E-state index contributed by atoms with van der Waals surface area (Å²) < 4.78 is 0. The van der Waals surface area contributed by atoms with E-state index in [1.165, 1.54) is 23.1 Å². The molecule has 4 N–H and O–H groups in total. The minimum absolute atomic E-state index is 0.169. The summed E-state index contributed by atoms with van der Waals surface area (Å²) in [5.74, 6) is -0.643. The Hall–Kier alpha value is -2.32. The van der Waals surface area contributed by atoms with E-state index in [0.29, 0.717) is 15.7 Å². The molecule has 0 saturated heterocycles. The van der Waals surface area contributed by atoms with E-state index in [1.807, 2.05) is 31.2 Å². The average Bonchev–Trinajstić information content (AvgIpc) is 3.27. The van der Waals surface area contributed by atoms with Gasteiger partial charge >= 0.3 is 0 Å². The summed E-state index contributed by atoms with van der Waals surface area (Å²) in [4.78, 5) is 33.3. The van der Waals surface area contributed by atoms with E-state index in [1.54, 1.807) is 0 Å². The number of carbonyl (C=O) groups excluding carboxylic acids is 2. The van der Waals surface area contributed by atoms with Crippen molar-refractivity contribution in [3.05, 3.63) is 40.3 Å². The number of H-pyrrole nitrogens is 1. The predicted molar refractivity (Wildman–Crippen MR) is 105 cm³/mol. The van der Waals surface area contributed by atoms with Crippen molar-refractivity contribution in [2.45, 2.75) is 36.6 Å². The Morgan fingerprint density at radius 1 is 1.35 bits per heavy atom. The number of aromatic nitrogens is 2. The number of amides is 2. The van der Waals surface area contributed by atoms with Crippen LogP contribution >= 0.6 is 23.1 Å². The largest absolute Gasteiger partial charge is 0.365 e. The van der Waals surface area contributed by atoms with Gasteiger partial charge in [-0.05, 0) is 43.9 Å². The van der Waals surface area contributed by atoms with Gasteiger partial charge in [0.15, 0.2) is 5.16 Å². The van der Waals surface area contributed by atoms with Crippen molar-refractivity contribution in [3.8, 4) is 0 Å². The number of nitrogens with one attached hydrogen (secondary N) is 2. The maximum Gasteiger partial charge on any atom is 0.251 e. The van der Waals surface area contributed by atoms with E-state index < -0.39 is 5.91 Å². The molecule has 8 heteroatoms. The molecule has 0 spiro atoms. The second kappa shape index (κ2) is 6.77. The minimum Gasteiger partial charge on any atom is -0.365 e. The third-order valence-electron chi connectivity index (χ3n) is 4.43. The van der Waals surface area contributed by atoms with Crippen molar-refractivity contribution < 1.29 is 9.59 Å². The molecule has 3 aromatic rings. The fraction of sp³-hybridized carbons (Fsp3) is 0.278. The van der Waals surface area contributed by atoms with Gasteiger partial charge in [-0.3, -0.25) is 9.59 Å². The molecule has 2 heterocycles. The lowest BCUT2D eigenvalue weighted by Crippen LogP contribution is -2.24. The molecule has 1 aliphatic carbocycles. The van der Waals surface area contributed by atoms with Crippen LogP contribution in [0.1, 0.15) is 34.1 Å². The Morgan fingerprint density at radius 3 is 2.92 bits per heavy atom. The molecule has 1 aliphatic rings. The molecule has 0 bridgehead atoms. The van der Waals surface area contributed by atoms with Gasteiger partial charge in [0.05, 0.1) is 21.8 Å². The fourth-order valence-corrected chi connectivity index (χ4v) is 5.29. The second-order valence-electron chi connectivity index (χ2n) is 6.23. The van der Waals surface area contributed by atoms with Crippen LogP contribution in [0.3, 0.4) is 0 Å². The first-order valence-electron chi connectivity index (χ1n) is 8.39. The number of rotatable bonds is 5. The Kier molecular flexibility index (Phi) is 4.46. The molecule has 2 aromatic heterocycles.